The molecular weight excluding hydrogens is 534 g/mol. The van der Waals surface area contributed by atoms with Crippen LogP contribution in [0.1, 0.15) is 22.5 Å². The maximum Gasteiger partial charge on any atom is 0.323 e. The van der Waals surface area contributed by atoms with Crippen molar-refractivity contribution in [2.75, 3.05) is 27.6 Å². The number of halogens is 1. The van der Waals surface area contributed by atoms with Crippen molar-refractivity contribution >= 4 is 34.4 Å². The molecule has 0 spiro atoms. The highest BCUT2D eigenvalue weighted by atomic mass is 35.5. The van der Waals surface area contributed by atoms with Gasteiger partial charge in [-0.25, -0.2) is 0 Å². The number of nitrogens with zero attached hydrogens (tertiary/aromatic N) is 1. The third-order valence-electron chi connectivity index (χ3n) is 7.37. The highest BCUT2D eigenvalue weighted by Gasteiger charge is 2.39. The van der Waals surface area contributed by atoms with E-state index in [2.05, 4.69) is 10.3 Å². The molecule has 1 aromatic heterocycles. The zero-order valence-electron chi connectivity index (χ0n) is 22.0. The lowest BCUT2D eigenvalue weighted by Gasteiger charge is -2.22. The van der Waals surface area contributed by atoms with E-state index >= 15 is 0 Å². The van der Waals surface area contributed by atoms with Crippen molar-refractivity contribution in [2.24, 2.45) is 0 Å². The Labute approximate surface area is 235 Å². The maximum absolute atomic E-state index is 13.7. The van der Waals surface area contributed by atoms with Crippen molar-refractivity contribution < 1.29 is 28.5 Å². The van der Waals surface area contributed by atoms with Crippen molar-refractivity contribution in [3.8, 4) is 28.4 Å². The number of esters is 1. The van der Waals surface area contributed by atoms with Crippen LogP contribution in [0.25, 0.3) is 22.0 Å². The molecule has 1 amide bonds. The van der Waals surface area contributed by atoms with E-state index in [4.69, 9.17) is 30.5 Å². The third-order valence-corrected chi connectivity index (χ3v) is 7.60. The third kappa shape index (κ3) is 4.82. The van der Waals surface area contributed by atoms with E-state index in [-0.39, 0.29) is 24.7 Å². The van der Waals surface area contributed by atoms with E-state index in [9.17, 15) is 9.59 Å². The van der Waals surface area contributed by atoms with Crippen molar-refractivity contribution in [1.82, 2.24) is 15.2 Å². The minimum atomic E-state index is -0.526. The van der Waals surface area contributed by atoms with E-state index in [1.54, 1.807) is 13.2 Å². The Bertz CT molecular complexity index is 1590. The molecule has 9 nitrogen and oxygen atoms in total. The predicted molar refractivity (Wildman–Crippen MR) is 150 cm³/mol. The highest BCUT2D eigenvalue weighted by Crippen LogP contribution is 2.42. The zero-order valence-corrected chi connectivity index (χ0v) is 22.8. The fraction of sp³-hybridized carbons (Fsp3) is 0.267. The van der Waals surface area contributed by atoms with Crippen LogP contribution in [0.3, 0.4) is 0 Å². The smallest absolute Gasteiger partial charge is 0.323 e. The summed E-state index contributed by atoms with van der Waals surface area (Å²) >= 11 is 6.31. The Hall–Kier alpha value is -4.21. The van der Waals surface area contributed by atoms with Gasteiger partial charge in [-0.2, -0.15) is 0 Å². The molecule has 2 aliphatic heterocycles. The quantitative estimate of drug-likeness (QED) is 0.313. The molecule has 10 heteroatoms. The van der Waals surface area contributed by atoms with Crippen LogP contribution < -0.4 is 19.5 Å². The van der Waals surface area contributed by atoms with E-state index in [1.807, 2.05) is 59.5 Å². The topological polar surface area (TPSA) is 102 Å². The first-order valence-corrected chi connectivity index (χ1v) is 13.3. The molecule has 0 radical (unpaired) electrons. The summed E-state index contributed by atoms with van der Waals surface area (Å²) in [6.45, 7) is 1.01. The van der Waals surface area contributed by atoms with Crippen LogP contribution >= 0.6 is 11.6 Å². The molecule has 0 bridgehead atoms. The van der Waals surface area contributed by atoms with Crippen molar-refractivity contribution in [2.45, 2.75) is 25.0 Å². The fourth-order valence-corrected chi connectivity index (χ4v) is 5.74. The molecule has 4 aromatic rings. The number of rotatable bonds is 7. The first kappa shape index (κ1) is 26.0. The number of benzene rings is 3. The number of carbonyl (C=O) groups excluding carboxylic acids is 2. The molecule has 2 aliphatic rings. The van der Waals surface area contributed by atoms with Crippen LogP contribution in [-0.2, 0) is 16.1 Å². The minimum Gasteiger partial charge on any atom is -0.493 e. The van der Waals surface area contributed by atoms with E-state index in [0.717, 1.165) is 27.6 Å². The number of nitrogens with one attached hydrogen (secondary N) is 2. The number of fused-ring (bicyclic) bond motifs is 2. The number of aromatic amines is 1. The number of likely N-dealkylation sites (tertiary alicyclic amines) is 1. The number of H-pyrrole nitrogens is 1. The number of carbonyl (C=O) groups is 2. The van der Waals surface area contributed by atoms with Crippen LogP contribution in [0.4, 0.5) is 0 Å². The van der Waals surface area contributed by atoms with E-state index in [1.165, 1.54) is 7.11 Å². The summed E-state index contributed by atoms with van der Waals surface area (Å²) in [6, 6.07) is 18.2. The van der Waals surface area contributed by atoms with Crippen molar-refractivity contribution in [3.05, 3.63) is 76.9 Å². The van der Waals surface area contributed by atoms with Crippen LogP contribution in [0.2, 0.25) is 5.02 Å². The summed E-state index contributed by atoms with van der Waals surface area (Å²) in [6.07, 6.45) is 0.410. The maximum atomic E-state index is 13.7. The minimum absolute atomic E-state index is 0.128. The van der Waals surface area contributed by atoms with Crippen LogP contribution in [0.15, 0.2) is 60.7 Å². The summed E-state index contributed by atoms with van der Waals surface area (Å²) in [5.74, 6) is 1.12. The summed E-state index contributed by atoms with van der Waals surface area (Å²) in [4.78, 5) is 31.7. The largest absolute Gasteiger partial charge is 0.493 e. The second-order valence-electron chi connectivity index (χ2n) is 9.84. The Kier molecular flexibility index (Phi) is 7.00. The van der Waals surface area contributed by atoms with Gasteiger partial charge in [0.05, 0.1) is 14.2 Å². The van der Waals surface area contributed by atoms with Crippen LogP contribution in [-0.4, -0.2) is 61.4 Å². The number of methoxy groups -OCH3 is 2. The number of hydrogen-bond acceptors (Lipinski definition) is 7. The van der Waals surface area contributed by atoms with Gasteiger partial charge in [0.25, 0.3) is 5.91 Å². The molecule has 40 heavy (non-hydrogen) atoms. The number of hydrogen-bond donors (Lipinski definition) is 2. The van der Waals surface area contributed by atoms with Gasteiger partial charge in [0.2, 0.25) is 12.5 Å². The lowest BCUT2D eigenvalue weighted by atomic mass is 10.0. The standard InChI is InChI=1S/C30H28ClN3O6/c1-37-24-10-17(11-25-28(24)40-16-39-25)14-34-15-20(13-23(34)30(36)38-2)32-29(35)27-26(18-6-4-3-5-7-18)21-12-19(31)8-9-22(21)33-27/h3-12,20,23,33H,13-16H2,1-2H3,(H,32,35)/t20-,23-/m0/s1. The van der Waals surface area contributed by atoms with Gasteiger partial charge in [-0.15, -0.1) is 0 Å². The molecular formula is C30H28ClN3O6. The van der Waals surface area contributed by atoms with Gasteiger partial charge < -0.3 is 29.2 Å². The Morgan fingerprint density at radius 3 is 2.70 bits per heavy atom. The first-order valence-electron chi connectivity index (χ1n) is 12.9. The SMILES string of the molecule is COC(=O)[C@@H]1C[C@H](NC(=O)c2[nH]c3ccc(Cl)cc3c2-c2ccccc2)CN1Cc1cc(OC)c2c(c1)OCO2. The van der Waals surface area contributed by atoms with Gasteiger partial charge in [0.1, 0.15) is 11.7 Å². The Morgan fingerprint density at radius 2 is 1.93 bits per heavy atom. The molecule has 0 saturated carbocycles. The summed E-state index contributed by atoms with van der Waals surface area (Å²) in [5, 5.41) is 4.60. The van der Waals surface area contributed by atoms with Crippen LogP contribution in [0.5, 0.6) is 17.2 Å². The highest BCUT2D eigenvalue weighted by molar-refractivity contribution is 6.31. The van der Waals surface area contributed by atoms with Gasteiger partial charge in [-0.3, -0.25) is 14.5 Å². The monoisotopic (exact) mass is 561 g/mol. The van der Waals surface area contributed by atoms with Crippen molar-refractivity contribution in [3.63, 3.8) is 0 Å². The molecule has 3 heterocycles. The summed E-state index contributed by atoms with van der Waals surface area (Å²) in [7, 11) is 2.94. The normalized spacial score (nSPS) is 18.2. The average molecular weight is 562 g/mol. The molecule has 1 saturated heterocycles. The summed E-state index contributed by atoms with van der Waals surface area (Å²) < 4.78 is 21.6. The van der Waals surface area contributed by atoms with Gasteiger partial charge in [0.15, 0.2) is 11.5 Å². The molecule has 3 aromatic carbocycles. The predicted octanol–water partition coefficient (Wildman–Crippen LogP) is 4.77. The lowest BCUT2D eigenvalue weighted by molar-refractivity contribution is -0.146. The van der Waals surface area contributed by atoms with Crippen LogP contribution in [0, 0.1) is 0 Å². The zero-order chi connectivity index (χ0) is 27.8. The number of ether oxygens (including phenoxy) is 4. The van der Waals surface area contributed by atoms with Gasteiger partial charge >= 0.3 is 5.97 Å². The lowest BCUT2D eigenvalue weighted by Crippen LogP contribution is -2.38. The second-order valence-corrected chi connectivity index (χ2v) is 10.3. The molecule has 0 unspecified atom stereocenters. The number of aromatic nitrogens is 1. The van der Waals surface area contributed by atoms with Gasteiger partial charge in [0, 0.05) is 40.6 Å². The molecule has 2 atom stereocenters. The Morgan fingerprint density at radius 1 is 1.10 bits per heavy atom. The average Bonchev–Trinajstić information content (AvgIpc) is 3.69. The molecule has 1 fully saturated rings. The molecule has 0 aliphatic carbocycles. The van der Waals surface area contributed by atoms with E-state index in [0.29, 0.717) is 47.5 Å². The first-order chi connectivity index (χ1) is 19.4. The van der Waals surface area contributed by atoms with Gasteiger partial charge in [-0.05, 0) is 47.9 Å². The molecule has 6 rings (SSSR count). The van der Waals surface area contributed by atoms with Crippen molar-refractivity contribution in [1.29, 1.82) is 0 Å². The van der Waals surface area contributed by atoms with Gasteiger partial charge in [-0.1, -0.05) is 41.9 Å². The summed E-state index contributed by atoms with van der Waals surface area (Å²) in [5.41, 5.74) is 3.82. The second kappa shape index (κ2) is 10.7. The molecule has 2 N–H and O–H groups in total. The Balaban J connectivity index is 1.27. The number of amides is 1. The van der Waals surface area contributed by atoms with E-state index < -0.39 is 6.04 Å². The fourth-order valence-electron chi connectivity index (χ4n) is 5.57. The molecule has 206 valence electrons.